The SMILES string of the molecule is CC1(C)OC(=O)C(=C2C3C4C(=C5C(=O)OC(C)(C)OC5=O)C5C2[C@H]2C[C@@H]5C4C32)C(=O)O1. The average Bonchev–Trinajstić information content (AvgIpc) is 3.11. The van der Waals surface area contributed by atoms with Crippen LogP contribution in [0, 0.1) is 47.3 Å². The van der Waals surface area contributed by atoms with Gasteiger partial charge in [0, 0.05) is 27.7 Å². The maximum Gasteiger partial charge on any atom is 0.348 e. The number of hydrogen-bond donors (Lipinski definition) is 0. The Balaban J connectivity index is 1.38. The maximum absolute atomic E-state index is 12.8. The molecule has 0 N–H and O–H groups in total. The lowest BCUT2D eigenvalue weighted by Crippen LogP contribution is -2.48. The zero-order chi connectivity index (χ0) is 21.8. The Hall–Kier alpha value is -2.64. The van der Waals surface area contributed by atoms with Crippen LogP contribution < -0.4 is 0 Å². The van der Waals surface area contributed by atoms with Crippen LogP contribution in [-0.2, 0) is 38.1 Å². The second-order valence-corrected chi connectivity index (χ2v) is 10.8. The largest absolute Gasteiger partial charge is 0.419 e. The molecule has 162 valence electrons. The second-order valence-electron chi connectivity index (χ2n) is 10.8. The number of fused-ring (bicyclic) bond motifs is 2. The molecular formula is C23H22O8. The molecule has 2 saturated heterocycles. The standard InChI is InChI=1S/C23H22O8/c1-22(2)28-18(24)16(19(25)29-22)14-10-6-5-7-9-8(6)12(14)13(9)15(11(7)10)17-20(26)30-23(3,4)31-21(17)27/h6-13H,5H2,1-4H3/t6-,7+,8?,9?,10?,11?,12?,13?. The summed E-state index contributed by atoms with van der Waals surface area (Å²) < 4.78 is 21.5. The molecule has 31 heavy (non-hydrogen) atoms. The van der Waals surface area contributed by atoms with E-state index in [9.17, 15) is 19.2 Å². The summed E-state index contributed by atoms with van der Waals surface area (Å²) in [5, 5.41) is 0. The molecule has 0 aromatic heterocycles. The Kier molecular flexibility index (Phi) is 2.84. The molecule has 8 heteroatoms. The third kappa shape index (κ3) is 1.86. The van der Waals surface area contributed by atoms with E-state index in [1.807, 2.05) is 0 Å². The average molecular weight is 426 g/mol. The van der Waals surface area contributed by atoms with Gasteiger partial charge >= 0.3 is 23.9 Å². The molecule has 8 nitrogen and oxygen atoms in total. The Bertz CT molecular complexity index is 973. The Labute approximate surface area is 177 Å². The van der Waals surface area contributed by atoms with Crippen LogP contribution in [0.25, 0.3) is 0 Å². The monoisotopic (exact) mass is 426 g/mol. The molecule has 6 unspecified atom stereocenters. The van der Waals surface area contributed by atoms with Crippen LogP contribution in [0.4, 0.5) is 0 Å². The number of allylic oxidation sites excluding steroid dienone is 2. The zero-order valence-corrected chi connectivity index (χ0v) is 17.6. The van der Waals surface area contributed by atoms with Crippen molar-refractivity contribution in [1.82, 2.24) is 0 Å². The summed E-state index contributed by atoms with van der Waals surface area (Å²) in [6.07, 6.45) is 0.996. The molecule has 0 amide bonds. The van der Waals surface area contributed by atoms with Gasteiger partial charge in [0.1, 0.15) is 11.1 Å². The van der Waals surface area contributed by atoms with E-state index in [2.05, 4.69) is 0 Å². The molecule has 2 heterocycles. The predicted molar refractivity (Wildman–Crippen MR) is 99.1 cm³/mol. The summed E-state index contributed by atoms with van der Waals surface area (Å²) in [5.41, 5.74) is 1.76. The Morgan fingerprint density at radius 3 is 1.23 bits per heavy atom. The van der Waals surface area contributed by atoms with Gasteiger partial charge in [-0.25, -0.2) is 19.2 Å². The highest BCUT2D eigenvalue weighted by Crippen LogP contribution is 2.86. The first-order chi connectivity index (χ1) is 14.5. The summed E-state index contributed by atoms with van der Waals surface area (Å²) in [6, 6.07) is 0. The molecule has 5 saturated carbocycles. The zero-order valence-electron chi connectivity index (χ0n) is 17.6. The lowest BCUT2D eigenvalue weighted by molar-refractivity contribution is -0.225. The summed E-state index contributed by atoms with van der Waals surface area (Å²) in [4.78, 5) is 51.3. The quantitative estimate of drug-likeness (QED) is 0.327. The number of rotatable bonds is 0. The molecule has 0 aromatic carbocycles. The predicted octanol–water partition coefficient (Wildman–Crippen LogP) is 1.64. The highest BCUT2D eigenvalue weighted by atomic mass is 16.7. The number of cyclic esters (lactones) is 4. The van der Waals surface area contributed by atoms with Crippen molar-refractivity contribution in [3.63, 3.8) is 0 Å². The fourth-order valence-electron chi connectivity index (χ4n) is 8.39. The van der Waals surface area contributed by atoms with Crippen molar-refractivity contribution >= 4 is 23.9 Å². The van der Waals surface area contributed by atoms with Gasteiger partial charge in [-0.1, -0.05) is 0 Å². The van der Waals surface area contributed by atoms with E-state index in [0.717, 1.165) is 17.6 Å². The van der Waals surface area contributed by atoms with E-state index >= 15 is 0 Å². The molecule has 7 aliphatic rings. The number of ether oxygens (including phenoxy) is 4. The second kappa shape index (κ2) is 4.89. The molecular weight excluding hydrogens is 404 g/mol. The first-order valence-corrected chi connectivity index (χ1v) is 10.9. The number of carbonyl (C=O) groups excluding carboxylic acids is 4. The van der Waals surface area contributed by atoms with Crippen LogP contribution in [-0.4, -0.2) is 35.5 Å². The topological polar surface area (TPSA) is 105 Å². The van der Waals surface area contributed by atoms with Gasteiger partial charge in [-0.3, -0.25) is 0 Å². The van der Waals surface area contributed by atoms with E-state index in [4.69, 9.17) is 18.9 Å². The van der Waals surface area contributed by atoms with Crippen LogP contribution in [0.3, 0.4) is 0 Å². The van der Waals surface area contributed by atoms with Crippen LogP contribution in [0.5, 0.6) is 0 Å². The van der Waals surface area contributed by atoms with Crippen molar-refractivity contribution in [1.29, 1.82) is 0 Å². The minimum Gasteiger partial charge on any atom is -0.419 e. The van der Waals surface area contributed by atoms with Gasteiger partial charge in [0.05, 0.1) is 0 Å². The third-order valence-electron chi connectivity index (χ3n) is 8.69. The van der Waals surface area contributed by atoms with E-state index in [1.54, 1.807) is 0 Å². The minimum absolute atomic E-state index is 0.0295. The van der Waals surface area contributed by atoms with Crippen molar-refractivity contribution in [2.24, 2.45) is 47.3 Å². The molecule has 2 bridgehead atoms. The van der Waals surface area contributed by atoms with Crippen LogP contribution in [0.2, 0.25) is 0 Å². The molecule has 0 spiro atoms. The molecule has 0 aromatic rings. The fraction of sp³-hybridized carbons (Fsp3) is 0.652. The van der Waals surface area contributed by atoms with E-state index in [0.29, 0.717) is 23.7 Å². The van der Waals surface area contributed by atoms with Crippen molar-refractivity contribution in [3.8, 4) is 0 Å². The van der Waals surface area contributed by atoms with Gasteiger partial charge in [-0.15, -0.1) is 0 Å². The first-order valence-electron chi connectivity index (χ1n) is 10.9. The molecule has 2 aliphatic heterocycles. The summed E-state index contributed by atoms with van der Waals surface area (Å²) >= 11 is 0. The lowest BCUT2D eigenvalue weighted by Gasteiger charge is -2.47. The van der Waals surface area contributed by atoms with Crippen molar-refractivity contribution in [2.75, 3.05) is 0 Å². The molecule has 0 radical (unpaired) electrons. The summed E-state index contributed by atoms with van der Waals surface area (Å²) in [7, 11) is 0. The number of hydrogen-bond acceptors (Lipinski definition) is 8. The van der Waals surface area contributed by atoms with E-state index in [1.165, 1.54) is 27.7 Å². The Morgan fingerprint density at radius 2 is 0.903 bits per heavy atom. The Morgan fingerprint density at radius 1 is 0.581 bits per heavy atom. The van der Waals surface area contributed by atoms with Gasteiger partial charge in [0.15, 0.2) is 0 Å². The highest BCUT2D eigenvalue weighted by molar-refractivity contribution is 6.17. The molecule has 5 aliphatic carbocycles. The normalized spacial score (nSPS) is 46.8. The van der Waals surface area contributed by atoms with Gasteiger partial charge < -0.3 is 18.9 Å². The van der Waals surface area contributed by atoms with E-state index < -0.39 is 35.5 Å². The van der Waals surface area contributed by atoms with Crippen molar-refractivity contribution in [2.45, 2.75) is 45.7 Å². The number of esters is 4. The van der Waals surface area contributed by atoms with Gasteiger partial charge in [-0.05, 0) is 64.9 Å². The van der Waals surface area contributed by atoms with Crippen LogP contribution in [0.1, 0.15) is 34.1 Å². The molecule has 8 atom stereocenters. The first kappa shape index (κ1) is 18.0. The van der Waals surface area contributed by atoms with Gasteiger partial charge in [-0.2, -0.15) is 0 Å². The number of carbonyl (C=O) groups is 4. The summed E-state index contributed by atoms with van der Waals surface area (Å²) in [6.45, 7) is 6.15. The molecule has 7 rings (SSSR count). The fourth-order valence-corrected chi connectivity index (χ4v) is 8.39. The van der Waals surface area contributed by atoms with E-state index in [-0.39, 0.29) is 34.8 Å². The molecule has 7 fully saturated rings. The van der Waals surface area contributed by atoms with Gasteiger partial charge in [0.25, 0.3) is 11.6 Å². The van der Waals surface area contributed by atoms with Crippen molar-refractivity contribution < 1.29 is 38.1 Å². The smallest absolute Gasteiger partial charge is 0.348 e. The third-order valence-corrected chi connectivity index (χ3v) is 8.69. The minimum atomic E-state index is -1.28. The van der Waals surface area contributed by atoms with Crippen LogP contribution >= 0.6 is 0 Å². The highest BCUT2D eigenvalue weighted by Gasteiger charge is 2.82. The maximum atomic E-state index is 12.8. The van der Waals surface area contributed by atoms with Gasteiger partial charge in [0.2, 0.25) is 0 Å². The summed E-state index contributed by atoms with van der Waals surface area (Å²) in [5.74, 6) is -3.71. The van der Waals surface area contributed by atoms with Crippen molar-refractivity contribution in [3.05, 3.63) is 22.3 Å². The van der Waals surface area contributed by atoms with Crippen LogP contribution in [0.15, 0.2) is 22.3 Å². The lowest BCUT2D eigenvalue weighted by atomic mass is 9.56.